The van der Waals surface area contributed by atoms with Crippen molar-refractivity contribution >= 4 is 11.9 Å². The topological polar surface area (TPSA) is 56.7 Å². The second kappa shape index (κ2) is 9.20. The molecule has 24 heavy (non-hydrogen) atoms. The van der Waals surface area contributed by atoms with Crippen LogP contribution in [0.1, 0.15) is 31.7 Å². The summed E-state index contributed by atoms with van der Waals surface area (Å²) < 4.78 is 26.8. The van der Waals surface area contributed by atoms with E-state index in [0.29, 0.717) is 25.5 Å². The summed E-state index contributed by atoms with van der Waals surface area (Å²) >= 11 is 0. The van der Waals surface area contributed by atoms with Crippen LogP contribution < -0.4 is 10.6 Å². The fraction of sp³-hybridized carbons (Fsp3) is 0.529. The molecule has 1 aromatic rings. The highest BCUT2D eigenvalue weighted by atomic mass is 19.1. The smallest absolute Gasteiger partial charge is 0.222 e. The minimum absolute atomic E-state index is 0.0591. The molecule has 0 aromatic heterocycles. The van der Waals surface area contributed by atoms with E-state index >= 15 is 0 Å². The number of nitrogens with zero attached hydrogens (tertiary/aromatic N) is 2. The average molecular weight is 338 g/mol. The highest BCUT2D eigenvalue weighted by molar-refractivity contribution is 5.79. The van der Waals surface area contributed by atoms with Crippen LogP contribution in [-0.4, -0.2) is 42.9 Å². The molecule has 0 atom stereocenters. The standard InChI is InChI=1S/C17H24F2N4O/c1-2-20-17(21-8-4-10-23-9-3-5-16(23)24)22-12-13-11-14(18)6-7-15(13)19/h6-7,11H,2-5,8-10,12H2,1H3,(H2,20,21,22). The van der Waals surface area contributed by atoms with Crippen molar-refractivity contribution in [2.45, 2.75) is 32.7 Å². The largest absolute Gasteiger partial charge is 0.357 e. The molecular weight excluding hydrogens is 314 g/mol. The Balaban J connectivity index is 1.81. The van der Waals surface area contributed by atoms with Crippen LogP contribution in [0.4, 0.5) is 8.78 Å². The van der Waals surface area contributed by atoms with Crippen molar-refractivity contribution in [1.82, 2.24) is 15.5 Å². The van der Waals surface area contributed by atoms with Crippen molar-refractivity contribution in [1.29, 1.82) is 0 Å². The van der Waals surface area contributed by atoms with Gasteiger partial charge in [-0.3, -0.25) is 4.79 Å². The number of carbonyl (C=O) groups is 1. The lowest BCUT2D eigenvalue weighted by Gasteiger charge is -2.16. The summed E-state index contributed by atoms with van der Waals surface area (Å²) in [6, 6.07) is 3.35. The number of carbonyl (C=O) groups excluding carboxylic acids is 1. The molecule has 0 bridgehead atoms. The molecule has 0 unspecified atom stereocenters. The molecule has 132 valence electrons. The van der Waals surface area contributed by atoms with Crippen molar-refractivity contribution in [3.05, 3.63) is 35.4 Å². The lowest BCUT2D eigenvalue weighted by molar-refractivity contribution is -0.127. The molecule has 0 saturated carbocycles. The van der Waals surface area contributed by atoms with E-state index in [1.807, 2.05) is 11.8 Å². The van der Waals surface area contributed by atoms with Crippen molar-refractivity contribution in [3.63, 3.8) is 0 Å². The number of aliphatic imine (C=N–C) groups is 1. The third kappa shape index (κ3) is 5.47. The lowest BCUT2D eigenvalue weighted by atomic mass is 10.2. The molecule has 0 spiro atoms. The van der Waals surface area contributed by atoms with Crippen LogP contribution in [0.3, 0.4) is 0 Å². The van der Waals surface area contributed by atoms with Gasteiger partial charge < -0.3 is 15.5 Å². The zero-order valence-electron chi connectivity index (χ0n) is 13.9. The van der Waals surface area contributed by atoms with Crippen molar-refractivity contribution in [3.8, 4) is 0 Å². The molecule has 7 heteroatoms. The van der Waals surface area contributed by atoms with Gasteiger partial charge in [0.2, 0.25) is 5.91 Å². The SMILES string of the molecule is CCNC(=NCc1cc(F)ccc1F)NCCCN1CCCC1=O. The van der Waals surface area contributed by atoms with Gasteiger partial charge in [0.1, 0.15) is 11.6 Å². The first-order chi connectivity index (χ1) is 11.6. The minimum atomic E-state index is -0.477. The fourth-order valence-corrected chi connectivity index (χ4v) is 2.59. The Kier molecular flexibility index (Phi) is 6.96. The number of likely N-dealkylation sites (tertiary alicyclic amines) is 1. The monoisotopic (exact) mass is 338 g/mol. The number of hydrogen-bond acceptors (Lipinski definition) is 2. The second-order valence-electron chi connectivity index (χ2n) is 5.70. The summed E-state index contributed by atoms with van der Waals surface area (Å²) in [7, 11) is 0. The lowest BCUT2D eigenvalue weighted by Crippen LogP contribution is -2.39. The van der Waals surface area contributed by atoms with E-state index in [1.54, 1.807) is 0 Å². The predicted molar refractivity (Wildman–Crippen MR) is 89.6 cm³/mol. The molecule has 1 saturated heterocycles. The van der Waals surface area contributed by atoms with E-state index in [4.69, 9.17) is 0 Å². The molecular formula is C17H24F2N4O. The molecule has 1 aromatic carbocycles. The Morgan fingerprint density at radius 1 is 1.33 bits per heavy atom. The first-order valence-electron chi connectivity index (χ1n) is 8.34. The number of rotatable bonds is 7. The maximum Gasteiger partial charge on any atom is 0.222 e. The summed E-state index contributed by atoms with van der Waals surface area (Å²) in [6.07, 6.45) is 2.40. The average Bonchev–Trinajstić information content (AvgIpc) is 2.97. The Bertz CT molecular complexity index is 592. The molecule has 0 radical (unpaired) electrons. The molecule has 2 rings (SSSR count). The van der Waals surface area contributed by atoms with E-state index in [1.165, 1.54) is 0 Å². The van der Waals surface area contributed by atoms with Crippen LogP contribution in [0.5, 0.6) is 0 Å². The van der Waals surface area contributed by atoms with Gasteiger partial charge in [-0.25, -0.2) is 13.8 Å². The third-order valence-corrected chi connectivity index (χ3v) is 3.83. The number of halogens is 2. The summed E-state index contributed by atoms with van der Waals surface area (Å²) in [6.45, 7) is 4.88. The molecule has 1 aliphatic heterocycles. The van der Waals surface area contributed by atoms with E-state index in [-0.39, 0.29) is 18.0 Å². The highest BCUT2D eigenvalue weighted by Crippen LogP contribution is 2.11. The molecule has 1 aliphatic rings. The Morgan fingerprint density at radius 3 is 2.88 bits per heavy atom. The zero-order valence-corrected chi connectivity index (χ0v) is 13.9. The van der Waals surface area contributed by atoms with E-state index in [2.05, 4.69) is 15.6 Å². The van der Waals surface area contributed by atoms with Gasteiger partial charge in [0.15, 0.2) is 5.96 Å². The van der Waals surface area contributed by atoms with Crippen LogP contribution in [0.25, 0.3) is 0 Å². The molecule has 0 aliphatic carbocycles. The summed E-state index contributed by atoms with van der Waals surface area (Å²) in [4.78, 5) is 17.7. The first kappa shape index (κ1) is 18.2. The van der Waals surface area contributed by atoms with E-state index in [9.17, 15) is 13.6 Å². The van der Waals surface area contributed by atoms with Crippen molar-refractivity contribution < 1.29 is 13.6 Å². The van der Waals surface area contributed by atoms with Gasteiger partial charge in [0.05, 0.1) is 6.54 Å². The van der Waals surface area contributed by atoms with Crippen molar-refractivity contribution in [2.24, 2.45) is 4.99 Å². The maximum atomic E-state index is 13.6. The molecule has 5 nitrogen and oxygen atoms in total. The number of benzene rings is 1. The molecule has 1 heterocycles. The zero-order chi connectivity index (χ0) is 17.4. The van der Waals surface area contributed by atoms with Crippen LogP contribution in [0.15, 0.2) is 23.2 Å². The minimum Gasteiger partial charge on any atom is -0.357 e. The summed E-state index contributed by atoms with van der Waals surface area (Å²) in [5.74, 6) is -0.176. The van der Waals surface area contributed by atoms with Crippen LogP contribution in [0.2, 0.25) is 0 Å². The summed E-state index contributed by atoms with van der Waals surface area (Å²) in [5.41, 5.74) is 0.217. The van der Waals surface area contributed by atoms with Gasteiger partial charge in [-0.2, -0.15) is 0 Å². The molecule has 2 N–H and O–H groups in total. The fourth-order valence-electron chi connectivity index (χ4n) is 2.59. The number of nitrogens with one attached hydrogen (secondary N) is 2. The van der Waals surface area contributed by atoms with Crippen LogP contribution >= 0.6 is 0 Å². The number of hydrogen-bond donors (Lipinski definition) is 2. The second-order valence-corrected chi connectivity index (χ2v) is 5.70. The van der Waals surface area contributed by atoms with Gasteiger partial charge >= 0.3 is 0 Å². The third-order valence-electron chi connectivity index (χ3n) is 3.83. The van der Waals surface area contributed by atoms with Gasteiger partial charge in [0.25, 0.3) is 0 Å². The van der Waals surface area contributed by atoms with Gasteiger partial charge in [-0.1, -0.05) is 0 Å². The van der Waals surface area contributed by atoms with Crippen molar-refractivity contribution in [2.75, 3.05) is 26.2 Å². The molecule has 1 fully saturated rings. The predicted octanol–water partition coefficient (Wildman–Crippen LogP) is 2.03. The van der Waals surface area contributed by atoms with E-state index in [0.717, 1.165) is 44.1 Å². The maximum absolute atomic E-state index is 13.6. The van der Waals surface area contributed by atoms with E-state index < -0.39 is 11.6 Å². The Hall–Kier alpha value is -2.18. The van der Waals surface area contributed by atoms with Gasteiger partial charge in [0, 0.05) is 38.2 Å². The Labute approximate surface area is 141 Å². The quantitative estimate of drug-likeness (QED) is 0.454. The first-order valence-corrected chi connectivity index (χ1v) is 8.34. The summed E-state index contributed by atoms with van der Waals surface area (Å²) in [5, 5.41) is 6.21. The van der Waals surface area contributed by atoms with Gasteiger partial charge in [-0.15, -0.1) is 0 Å². The number of amides is 1. The van der Waals surface area contributed by atoms with Gasteiger partial charge in [-0.05, 0) is 38.0 Å². The number of guanidine groups is 1. The van der Waals surface area contributed by atoms with Crippen LogP contribution in [-0.2, 0) is 11.3 Å². The van der Waals surface area contributed by atoms with Crippen LogP contribution in [0, 0.1) is 11.6 Å². The Morgan fingerprint density at radius 2 is 2.17 bits per heavy atom. The normalized spacial score (nSPS) is 15.0. The highest BCUT2D eigenvalue weighted by Gasteiger charge is 2.18. The molecule has 1 amide bonds.